The molecule has 1 N–H and O–H groups in total. The third-order valence-electron chi connectivity index (χ3n) is 1.91. The number of amides is 1. The topological polar surface area (TPSA) is 89.0 Å². The molecule has 6 nitrogen and oxygen atoms in total. The molecule has 1 amide bonds. The van der Waals surface area contributed by atoms with Crippen LogP contribution in [0.2, 0.25) is 0 Å². The highest BCUT2D eigenvalue weighted by Gasteiger charge is 2.19. The van der Waals surface area contributed by atoms with Crippen LogP contribution < -0.4 is 4.72 Å². The standard InChI is InChI=1S/C10H15N3O3S/c1-10(2,3)7-5-6-11-8(12-7)9(14)13-17(4,15)16/h5-6H,1-4H3,(H,13,14). The van der Waals surface area contributed by atoms with Crippen LogP contribution in [0.25, 0.3) is 0 Å². The zero-order valence-corrected chi connectivity index (χ0v) is 11.0. The Morgan fingerprint density at radius 1 is 1.35 bits per heavy atom. The van der Waals surface area contributed by atoms with E-state index in [0.29, 0.717) is 5.69 Å². The summed E-state index contributed by atoms with van der Waals surface area (Å²) in [5.74, 6) is -0.971. The Morgan fingerprint density at radius 3 is 2.41 bits per heavy atom. The first-order valence-electron chi connectivity index (χ1n) is 4.95. The van der Waals surface area contributed by atoms with Gasteiger partial charge in [0, 0.05) is 17.3 Å². The van der Waals surface area contributed by atoms with Gasteiger partial charge >= 0.3 is 5.91 Å². The summed E-state index contributed by atoms with van der Waals surface area (Å²) < 4.78 is 23.6. The quantitative estimate of drug-likeness (QED) is 0.831. The lowest BCUT2D eigenvalue weighted by atomic mass is 9.92. The summed E-state index contributed by atoms with van der Waals surface area (Å²) in [6, 6.07) is 1.69. The van der Waals surface area contributed by atoms with E-state index in [-0.39, 0.29) is 11.2 Å². The Bertz CT molecular complexity index is 532. The van der Waals surface area contributed by atoms with Crippen LogP contribution in [-0.4, -0.2) is 30.5 Å². The van der Waals surface area contributed by atoms with E-state index in [1.165, 1.54) is 6.20 Å². The number of aromatic nitrogens is 2. The van der Waals surface area contributed by atoms with Gasteiger partial charge in [0.25, 0.3) is 0 Å². The van der Waals surface area contributed by atoms with Crippen molar-refractivity contribution in [1.29, 1.82) is 0 Å². The molecule has 17 heavy (non-hydrogen) atoms. The van der Waals surface area contributed by atoms with Gasteiger partial charge in [-0.05, 0) is 6.07 Å². The summed E-state index contributed by atoms with van der Waals surface area (Å²) in [4.78, 5) is 19.3. The number of hydrogen-bond acceptors (Lipinski definition) is 5. The number of rotatable bonds is 2. The fraction of sp³-hybridized carbons (Fsp3) is 0.500. The number of carbonyl (C=O) groups is 1. The maximum absolute atomic E-state index is 11.5. The van der Waals surface area contributed by atoms with E-state index in [1.807, 2.05) is 25.5 Å². The van der Waals surface area contributed by atoms with Gasteiger partial charge in [0.2, 0.25) is 15.8 Å². The van der Waals surface area contributed by atoms with Crippen LogP contribution in [0.5, 0.6) is 0 Å². The van der Waals surface area contributed by atoms with Gasteiger partial charge in [-0.25, -0.2) is 23.1 Å². The molecule has 0 aliphatic heterocycles. The van der Waals surface area contributed by atoms with Crippen molar-refractivity contribution in [2.24, 2.45) is 0 Å². The highest BCUT2D eigenvalue weighted by atomic mass is 32.2. The molecule has 0 spiro atoms. The monoisotopic (exact) mass is 257 g/mol. The number of sulfonamides is 1. The van der Waals surface area contributed by atoms with Crippen molar-refractivity contribution < 1.29 is 13.2 Å². The van der Waals surface area contributed by atoms with Crippen LogP contribution in [0.1, 0.15) is 37.1 Å². The summed E-state index contributed by atoms with van der Waals surface area (Å²) in [5.41, 5.74) is 0.439. The minimum atomic E-state index is -3.60. The molecule has 0 radical (unpaired) electrons. The average molecular weight is 257 g/mol. The van der Waals surface area contributed by atoms with Crippen molar-refractivity contribution >= 4 is 15.9 Å². The molecule has 0 unspecified atom stereocenters. The lowest BCUT2D eigenvalue weighted by molar-refractivity contribution is 0.0971. The van der Waals surface area contributed by atoms with Gasteiger partial charge in [-0.2, -0.15) is 0 Å². The molecule has 0 saturated heterocycles. The van der Waals surface area contributed by atoms with Crippen molar-refractivity contribution in [2.45, 2.75) is 26.2 Å². The third-order valence-corrected chi connectivity index (χ3v) is 2.46. The van der Waals surface area contributed by atoms with Crippen LogP contribution in [0.4, 0.5) is 0 Å². The average Bonchev–Trinajstić information content (AvgIpc) is 2.14. The van der Waals surface area contributed by atoms with Crippen molar-refractivity contribution in [3.05, 3.63) is 23.8 Å². The van der Waals surface area contributed by atoms with Crippen LogP contribution >= 0.6 is 0 Å². The van der Waals surface area contributed by atoms with Gasteiger partial charge in [-0.3, -0.25) is 4.79 Å². The Labute approximate surface area is 101 Å². The zero-order chi connectivity index (χ0) is 13.3. The first-order chi connectivity index (χ1) is 7.59. The maximum Gasteiger partial charge on any atom is 0.302 e. The molecule has 1 heterocycles. The lowest BCUT2D eigenvalue weighted by Crippen LogP contribution is -2.31. The van der Waals surface area contributed by atoms with Crippen LogP contribution in [-0.2, 0) is 15.4 Å². The van der Waals surface area contributed by atoms with Crippen molar-refractivity contribution in [3.63, 3.8) is 0 Å². The zero-order valence-electron chi connectivity index (χ0n) is 10.2. The summed E-state index contributed by atoms with van der Waals surface area (Å²) >= 11 is 0. The highest BCUT2D eigenvalue weighted by molar-refractivity contribution is 7.89. The summed E-state index contributed by atoms with van der Waals surface area (Å²) in [5, 5.41) is 0. The van der Waals surface area contributed by atoms with Gasteiger partial charge in [-0.1, -0.05) is 20.8 Å². The fourth-order valence-corrected chi connectivity index (χ4v) is 1.53. The van der Waals surface area contributed by atoms with E-state index >= 15 is 0 Å². The van der Waals surface area contributed by atoms with E-state index in [0.717, 1.165) is 6.26 Å². The molecule has 1 aromatic rings. The Kier molecular flexibility index (Phi) is 3.51. The number of nitrogens with one attached hydrogen (secondary N) is 1. The van der Waals surface area contributed by atoms with Gasteiger partial charge in [0.05, 0.1) is 6.26 Å². The second-order valence-corrected chi connectivity index (χ2v) is 6.47. The molecule has 0 aliphatic rings. The van der Waals surface area contributed by atoms with E-state index in [2.05, 4.69) is 9.97 Å². The summed E-state index contributed by atoms with van der Waals surface area (Å²) in [6.45, 7) is 5.81. The lowest BCUT2D eigenvalue weighted by Gasteiger charge is -2.17. The molecule has 0 atom stereocenters. The molecule has 7 heteroatoms. The largest absolute Gasteiger partial charge is 0.302 e. The molecule has 0 bridgehead atoms. The number of carbonyl (C=O) groups excluding carboxylic acids is 1. The molecule has 0 aliphatic carbocycles. The SMILES string of the molecule is CC(C)(C)c1ccnc(C(=O)NS(C)(=O)=O)n1. The second kappa shape index (κ2) is 4.40. The Hall–Kier alpha value is -1.50. The molecule has 1 aromatic heterocycles. The van der Waals surface area contributed by atoms with E-state index in [9.17, 15) is 13.2 Å². The fourth-order valence-electron chi connectivity index (χ4n) is 1.10. The smallest absolute Gasteiger partial charge is 0.265 e. The van der Waals surface area contributed by atoms with E-state index in [1.54, 1.807) is 6.07 Å². The first-order valence-corrected chi connectivity index (χ1v) is 6.84. The Morgan fingerprint density at radius 2 is 1.94 bits per heavy atom. The summed E-state index contributed by atoms with van der Waals surface area (Å²) in [7, 11) is -3.60. The third kappa shape index (κ3) is 4.10. The first kappa shape index (κ1) is 13.6. The van der Waals surface area contributed by atoms with Crippen LogP contribution in [0.15, 0.2) is 12.3 Å². The number of hydrogen-bond donors (Lipinski definition) is 1. The minimum absolute atomic E-state index is 0.150. The highest BCUT2D eigenvalue weighted by Crippen LogP contribution is 2.18. The molecule has 0 fully saturated rings. The van der Waals surface area contributed by atoms with Crippen LogP contribution in [0.3, 0.4) is 0 Å². The Balaban J connectivity index is 3.05. The van der Waals surface area contributed by atoms with E-state index in [4.69, 9.17) is 0 Å². The van der Waals surface area contributed by atoms with Crippen LogP contribution in [0, 0.1) is 0 Å². The van der Waals surface area contributed by atoms with Gasteiger partial charge in [0.15, 0.2) is 0 Å². The molecular weight excluding hydrogens is 242 g/mol. The minimum Gasteiger partial charge on any atom is -0.265 e. The maximum atomic E-state index is 11.5. The van der Waals surface area contributed by atoms with Crippen molar-refractivity contribution in [1.82, 2.24) is 14.7 Å². The summed E-state index contributed by atoms with van der Waals surface area (Å²) in [6.07, 6.45) is 2.34. The van der Waals surface area contributed by atoms with Crippen molar-refractivity contribution in [3.8, 4) is 0 Å². The second-order valence-electron chi connectivity index (χ2n) is 4.72. The normalized spacial score (nSPS) is 12.2. The number of nitrogens with zero attached hydrogens (tertiary/aromatic N) is 2. The van der Waals surface area contributed by atoms with Gasteiger partial charge < -0.3 is 0 Å². The molecular formula is C10H15N3O3S. The molecule has 94 valence electrons. The van der Waals surface area contributed by atoms with Crippen molar-refractivity contribution in [2.75, 3.05) is 6.26 Å². The van der Waals surface area contributed by atoms with Gasteiger partial charge in [-0.15, -0.1) is 0 Å². The molecule has 0 aromatic carbocycles. The molecule has 1 rings (SSSR count). The predicted octanol–water partition coefficient (Wildman–Crippen LogP) is 0.464. The molecule has 0 saturated carbocycles. The van der Waals surface area contributed by atoms with E-state index < -0.39 is 15.9 Å². The predicted molar refractivity (Wildman–Crippen MR) is 63.0 cm³/mol. The van der Waals surface area contributed by atoms with Gasteiger partial charge in [0.1, 0.15) is 0 Å².